The number of rotatable bonds is 10. The van der Waals surface area contributed by atoms with Crippen molar-refractivity contribution < 1.29 is 24.2 Å². The molecule has 0 saturated carbocycles. The number of carboxylic acid groups (broad SMARTS) is 1. The summed E-state index contributed by atoms with van der Waals surface area (Å²) in [5.74, 6) is -0.695. The summed E-state index contributed by atoms with van der Waals surface area (Å²) in [6.45, 7) is 2.15. The normalized spacial score (nSPS) is 9.96. The predicted octanol–water partition coefficient (Wildman–Crippen LogP) is 1.78. The molecule has 1 rings (SSSR count). The second-order valence-corrected chi connectivity index (χ2v) is 4.95. The maximum absolute atomic E-state index is 11.7. The molecule has 0 bridgehead atoms. The van der Waals surface area contributed by atoms with Gasteiger partial charge in [0.1, 0.15) is 5.75 Å². The summed E-state index contributed by atoms with van der Waals surface area (Å²) >= 11 is 0. The molecule has 1 aromatic carbocycles. The molecule has 0 unspecified atom stereocenters. The van der Waals surface area contributed by atoms with Crippen molar-refractivity contribution in [3.63, 3.8) is 0 Å². The number of hydrogen-bond donors (Lipinski definition) is 3. The quantitative estimate of drug-likeness (QED) is 0.570. The van der Waals surface area contributed by atoms with Gasteiger partial charge in [-0.15, -0.1) is 0 Å². The molecule has 0 aliphatic heterocycles. The Morgan fingerprint density at radius 3 is 2.39 bits per heavy atom. The number of ether oxygens (including phenoxy) is 1. The van der Waals surface area contributed by atoms with Crippen LogP contribution in [0.15, 0.2) is 24.3 Å². The highest BCUT2D eigenvalue weighted by Gasteiger charge is 2.05. The molecule has 0 saturated heterocycles. The Morgan fingerprint density at radius 1 is 1.09 bits per heavy atom. The number of carbonyl (C=O) groups is 3. The first-order valence-electron chi connectivity index (χ1n) is 7.52. The largest absolute Gasteiger partial charge is 0.494 e. The van der Waals surface area contributed by atoms with Gasteiger partial charge in [0.15, 0.2) is 0 Å². The van der Waals surface area contributed by atoms with E-state index < -0.39 is 5.97 Å². The van der Waals surface area contributed by atoms with Gasteiger partial charge in [-0.05, 0) is 37.1 Å². The Kier molecular flexibility index (Phi) is 8.20. The summed E-state index contributed by atoms with van der Waals surface area (Å²) in [4.78, 5) is 33.3. The van der Waals surface area contributed by atoms with Crippen molar-refractivity contribution >= 4 is 23.5 Å². The van der Waals surface area contributed by atoms with E-state index in [0.717, 1.165) is 6.42 Å². The van der Waals surface area contributed by atoms with Crippen molar-refractivity contribution in [2.75, 3.05) is 18.5 Å². The van der Waals surface area contributed by atoms with E-state index >= 15 is 0 Å². The summed E-state index contributed by atoms with van der Waals surface area (Å²) in [5, 5.41) is 13.7. The van der Waals surface area contributed by atoms with Crippen LogP contribution in [0, 0.1) is 0 Å². The van der Waals surface area contributed by atoms with Gasteiger partial charge in [-0.3, -0.25) is 14.4 Å². The lowest BCUT2D eigenvalue weighted by molar-refractivity contribution is -0.137. The van der Waals surface area contributed by atoms with Gasteiger partial charge in [0, 0.05) is 18.5 Å². The zero-order valence-electron chi connectivity index (χ0n) is 13.1. The van der Waals surface area contributed by atoms with Gasteiger partial charge in [0.05, 0.1) is 13.2 Å². The van der Waals surface area contributed by atoms with Crippen LogP contribution in [0.2, 0.25) is 0 Å². The van der Waals surface area contributed by atoms with Crippen molar-refractivity contribution in [2.45, 2.75) is 32.6 Å². The molecule has 0 heterocycles. The number of hydrogen-bond acceptors (Lipinski definition) is 4. The van der Waals surface area contributed by atoms with Crippen LogP contribution in [0.4, 0.5) is 5.69 Å². The molecule has 2 amide bonds. The maximum Gasteiger partial charge on any atom is 0.303 e. The van der Waals surface area contributed by atoms with Crippen molar-refractivity contribution in [2.24, 2.45) is 0 Å². The molecule has 7 nitrogen and oxygen atoms in total. The van der Waals surface area contributed by atoms with E-state index in [4.69, 9.17) is 9.84 Å². The minimum Gasteiger partial charge on any atom is -0.494 e. The number of nitrogens with one attached hydrogen (secondary N) is 2. The minimum atomic E-state index is -0.849. The SMILES string of the molecule is CCCC(=O)NCC(=O)Nc1ccc(OCCCC(=O)O)cc1. The van der Waals surface area contributed by atoms with Gasteiger partial charge in [0.2, 0.25) is 11.8 Å². The van der Waals surface area contributed by atoms with E-state index in [2.05, 4.69) is 10.6 Å². The molecule has 0 aromatic heterocycles. The van der Waals surface area contributed by atoms with Crippen LogP contribution >= 0.6 is 0 Å². The van der Waals surface area contributed by atoms with Crippen molar-refractivity contribution in [1.82, 2.24) is 5.32 Å². The van der Waals surface area contributed by atoms with E-state index in [1.165, 1.54) is 0 Å². The van der Waals surface area contributed by atoms with Gasteiger partial charge in [-0.1, -0.05) is 6.92 Å². The van der Waals surface area contributed by atoms with Crippen molar-refractivity contribution in [3.05, 3.63) is 24.3 Å². The number of amides is 2. The van der Waals surface area contributed by atoms with Crippen LogP contribution in [0.5, 0.6) is 5.75 Å². The second kappa shape index (κ2) is 10.2. The lowest BCUT2D eigenvalue weighted by Crippen LogP contribution is -2.32. The van der Waals surface area contributed by atoms with E-state index in [-0.39, 0.29) is 24.8 Å². The number of benzene rings is 1. The average Bonchev–Trinajstić information content (AvgIpc) is 2.51. The molecule has 7 heteroatoms. The molecule has 23 heavy (non-hydrogen) atoms. The molecule has 126 valence electrons. The van der Waals surface area contributed by atoms with E-state index in [0.29, 0.717) is 30.9 Å². The topological polar surface area (TPSA) is 105 Å². The fourth-order valence-electron chi connectivity index (χ4n) is 1.75. The Bertz CT molecular complexity index is 528. The minimum absolute atomic E-state index is 0.0632. The molecule has 0 atom stereocenters. The number of anilines is 1. The van der Waals surface area contributed by atoms with Gasteiger partial charge in [-0.2, -0.15) is 0 Å². The predicted molar refractivity (Wildman–Crippen MR) is 85.4 cm³/mol. The standard InChI is InChI=1S/C16H22N2O5/c1-2-4-14(19)17-11-15(20)18-12-6-8-13(9-7-12)23-10-3-5-16(21)22/h6-9H,2-5,10-11H2,1H3,(H,17,19)(H,18,20)(H,21,22). The lowest BCUT2D eigenvalue weighted by Gasteiger charge is -2.08. The highest BCUT2D eigenvalue weighted by molar-refractivity contribution is 5.94. The monoisotopic (exact) mass is 322 g/mol. The van der Waals surface area contributed by atoms with E-state index in [1.807, 2.05) is 6.92 Å². The molecule has 0 radical (unpaired) electrons. The Morgan fingerprint density at radius 2 is 1.78 bits per heavy atom. The Labute approximate surface area is 135 Å². The van der Waals surface area contributed by atoms with Crippen LogP contribution in [-0.2, 0) is 14.4 Å². The zero-order chi connectivity index (χ0) is 17.1. The summed E-state index contributed by atoms with van der Waals surface area (Å²) in [6.07, 6.45) is 1.64. The van der Waals surface area contributed by atoms with Gasteiger partial charge in [0.25, 0.3) is 0 Å². The molecule has 0 fully saturated rings. The fourth-order valence-corrected chi connectivity index (χ4v) is 1.75. The molecule has 0 aliphatic carbocycles. The first kappa shape index (κ1) is 18.5. The van der Waals surface area contributed by atoms with Gasteiger partial charge >= 0.3 is 5.97 Å². The third-order valence-electron chi connectivity index (χ3n) is 2.86. The van der Waals surface area contributed by atoms with Crippen LogP contribution in [0.25, 0.3) is 0 Å². The summed E-state index contributed by atoms with van der Waals surface area (Å²) in [6, 6.07) is 6.73. The Hall–Kier alpha value is -2.57. The first-order chi connectivity index (χ1) is 11.0. The van der Waals surface area contributed by atoms with E-state index in [9.17, 15) is 14.4 Å². The molecule has 0 aliphatic rings. The smallest absolute Gasteiger partial charge is 0.303 e. The third-order valence-corrected chi connectivity index (χ3v) is 2.86. The first-order valence-corrected chi connectivity index (χ1v) is 7.52. The van der Waals surface area contributed by atoms with Gasteiger partial charge < -0.3 is 20.5 Å². The second-order valence-electron chi connectivity index (χ2n) is 4.95. The fraction of sp³-hybridized carbons (Fsp3) is 0.438. The number of aliphatic carboxylic acids is 1. The van der Waals surface area contributed by atoms with E-state index in [1.54, 1.807) is 24.3 Å². The number of carbonyl (C=O) groups excluding carboxylic acids is 2. The third kappa shape index (κ3) is 8.45. The molecule has 1 aromatic rings. The lowest BCUT2D eigenvalue weighted by atomic mass is 10.3. The van der Waals surface area contributed by atoms with Gasteiger partial charge in [-0.25, -0.2) is 0 Å². The van der Waals surface area contributed by atoms with Crippen LogP contribution < -0.4 is 15.4 Å². The van der Waals surface area contributed by atoms with Crippen LogP contribution in [0.3, 0.4) is 0 Å². The molecule has 0 spiro atoms. The zero-order valence-corrected chi connectivity index (χ0v) is 13.1. The maximum atomic E-state index is 11.7. The summed E-state index contributed by atoms with van der Waals surface area (Å²) < 4.78 is 5.39. The highest BCUT2D eigenvalue weighted by atomic mass is 16.5. The van der Waals surface area contributed by atoms with Crippen LogP contribution in [-0.4, -0.2) is 36.0 Å². The summed E-state index contributed by atoms with van der Waals surface area (Å²) in [5.41, 5.74) is 0.595. The van der Waals surface area contributed by atoms with Crippen molar-refractivity contribution in [1.29, 1.82) is 0 Å². The van der Waals surface area contributed by atoms with Crippen molar-refractivity contribution in [3.8, 4) is 5.75 Å². The molecular weight excluding hydrogens is 300 g/mol. The summed E-state index contributed by atoms with van der Waals surface area (Å²) in [7, 11) is 0. The average molecular weight is 322 g/mol. The number of carboxylic acids is 1. The highest BCUT2D eigenvalue weighted by Crippen LogP contribution is 2.15. The molecular formula is C16H22N2O5. The van der Waals surface area contributed by atoms with Crippen LogP contribution in [0.1, 0.15) is 32.6 Å². The molecule has 3 N–H and O–H groups in total. The Balaban J connectivity index is 2.31.